The lowest BCUT2D eigenvalue weighted by Gasteiger charge is -2.39. The van der Waals surface area contributed by atoms with Crippen molar-refractivity contribution in [3.63, 3.8) is 0 Å². The summed E-state index contributed by atoms with van der Waals surface area (Å²) in [5.41, 5.74) is 2.35. The summed E-state index contributed by atoms with van der Waals surface area (Å²) in [6, 6.07) is 8.73. The molecule has 27 heavy (non-hydrogen) atoms. The summed E-state index contributed by atoms with van der Waals surface area (Å²) in [5.74, 6) is 0.131. The van der Waals surface area contributed by atoms with E-state index < -0.39 is 6.10 Å². The number of carbonyl (C=O) groups is 1. The molecule has 1 amide bonds. The van der Waals surface area contributed by atoms with E-state index >= 15 is 0 Å². The third-order valence-electron chi connectivity index (χ3n) is 6.90. The van der Waals surface area contributed by atoms with Gasteiger partial charge in [0, 0.05) is 24.4 Å². The van der Waals surface area contributed by atoms with E-state index in [2.05, 4.69) is 40.2 Å². The number of fused-ring (bicyclic) bond motifs is 2. The van der Waals surface area contributed by atoms with E-state index in [1.54, 1.807) is 0 Å². The van der Waals surface area contributed by atoms with Crippen molar-refractivity contribution in [2.24, 2.45) is 0 Å². The number of aliphatic hydroxyl groups is 1. The summed E-state index contributed by atoms with van der Waals surface area (Å²) in [7, 11) is 0. The number of rotatable bonds is 5. The summed E-state index contributed by atoms with van der Waals surface area (Å²) in [4.78, 5) is 12.3. The van der Waals surface area contributed by atoms with E-state index in [9.17, 15) is 9.90 Å². The lowest BCUT2D eigenvalue weighted by atomic mass is 9.72. The van der Waals surface area contributed by atoms with Crippen molar-refractivity contribution in [2.75, 3.05) is 19.6 Å². The molecular weight excluding hydrogens is 338 g/mol. The highest BCUT2D eigenvalue weighted by Gasteiger charge is 2.51. The molecule has 1 aliphatic heterocycles. The molecule has 0 unspecified atom stereocenters. The molecule has 1 saturated carbocycles. The minimum absolute atomic E-state index is 0.0817. The molecule has 3 aliphatic rings. The van der Waals surface area contributed by atoms with Crippen LogP contribution in [0.5, 0.6) is 0 Å². The second-order valence-electron chi connectivity index (χ2n) is 8.52. The van der Waals surface area contributed by atoms with Crippen LogP contribution in [0.2, 0.25) is 0 Å². The predicted octanol–water partition coefficient (Wildman–Crippen LogP) is 2.15. The Morgan fingerprint density at radius 2 is 1.89 bits per heavy atom. The van der Waals surface area contributed by atoms with Gasteiger partial charge in [-0.3, -0.25) is 4.79 Å². The Morgan fingerprint density at radius 3 is 2.67 bits per heavy atom. The molecule has 5 nitrogen and oxygen atoms in total. The first-order valence-corrected chi connectivity index (χ1v) is 10.7. The molecule has 2 atom stereocenters. The molecule has 148 valence electrons. The van der Waals surface area contributed by atoms with Gasteiger partial charge in [-0.2, -0.15) is 0 Å². The average Bonchev–Trinajstić information content (AvgIpc) is 2.92. The average molecular weight is 372 g/mol. The predicted molar refractivity (Wildman–Crippen MR) is 107 cm³/mol. The van der Waals surface area contributed by atoms with Gasteiger partial charge >= 0.3 is 0 Å². The van der Waals surface area contributed by atoms with Crippen molar-refractivity contribution in [3.8, 4) is 0 Å². The van der Waals surface area contributed by atoms with Crippen molar-refractivity contribution in [1.29, 1.82) is 0 Å². The summed E-state index contributed by atoms with van der Waals surface area (Å²) in [6.07, 6.45) is 7.95. The van der Waals surface area contributed by atoms with Gasteiger partial charge in [-0.15, -0.1) is 0 Å². The number of hydrogen-bond acceptors (Lipinski definition) is 4. The van der Waals surface area contributed by atoms with E-state index in [1.807, 2.05) is 0 Å². The topological polar surface area (TPSA) is 73.4 Å². The molecule has 4 rings (SSSR count). The van der Waals surface area contributed by atoms with Crippen LogP contribution in [-0.2, 0) is 10.2 Å². The monoisotopic (exact) mass is 371 g/mol. The van der Waals surface area contributed by atoms with Crippen LogP contribution in [0.25, 0.3) is 0 Å². The smallest absolute Gasteiger partial charge is 0.221 e. The van der Waals surface area contributed by atoms with Gasteiger partial charge in [-0.25, -0.2) is 0 Å². The lowest BCUT2D eigenvalue weighted by Crippen LogP contribution is -2.48. The molecule has 2 fully saturated rings. The van der Waals surface area contributed by atoms with Crippen LogP contribution in [0.3, 0.4) is 0 Å². The fraction of sp³-hybridized carbons (Fsp3) is 0.682. The van der Waals surface area contributed by atoms with Crippen LogP contribution in [0.15, 0.2) is 24.3 Å². The molecule has 1 saturated heterocycles. The zero-order valence-corrected chi connectivity index (χ0v) is 16.2. The van der Waals surface area contributed by atoms with Crippen molar-refractivity contribution >= 4 is 5.91 Å². The largest absolute Gasteiger partial charge is 0.390 e. The second kappa shape index (κ2) is 8.29. The Kier molecular flexibility index (Phi) is 5.81. The molecule has 0 bridgehead atoms. The second-order valence-corrected chi connectivity index (χ2v) is 8.52. The lowest BCUT2D eigenvalue weighted by molar-refractivity contribution is -0.122. The molecule has 5 heteroatoms. The maximum atomic E-state index is 12.3. The minimum atomic E-state index is -0.432. The van der Waals surface area contributed by atoms with Crippen LogP contribution in [0.1, 0.15) is 68.5 Å². The molecule has 1 heterocycles. The molecule has 0 aromatic heterocycles. The fourth-order valence-electron chi connectivity index (χ4n) is 5.42. The van der Waals surface area contributed by atoms with Gasteiger partial charge in [-0.1, -0.05) is 43.5 Å². The molecule has 0 radical (unpaired) electrons. The first-order valence-electron chi connectivity index (χ1n) is 10.7. The van der Waals surface area contributed by atoms with Crippen LogP contribution in [-0.4, -0.2) is 42.8 Å². The van der Waals surface area contributed by atoms with Crippen LogP contribution in [0, 0.1) is 0 Å². The van der Waals surface area contributed by atoms with Crippen LogP contribution >= 0.6 is 0 Å². The van der Waals surface area contributed by atoms with E-state index in [0.717, 1.165) is 38.8 Å². The SMILES string of the molecule is O=C(CCN[C@@H]1c2ccccc2C2(CCNCC2)[C@H]1O)NC1CCCCC1. The Balaban J connectivity index is 1.36. The van der Waals surface area contributed by atoms with Crippen LogP contribution < -0.4 is 16.0 Å². The number of hydrogen-bond donors (Lipinski definition) is 4. The minimum Gasteiger partial charge on any atom is -0.390 e. The maximum absolute atomic E-state index is 12.3. The van der Waals surface area contributed by atoms with Gasteiger partial charge in [0.15, 0.2) is 0 Å². The van der Waals surface area contributed by atoms with E-state index in [-0.39, 0.29) is 17.4 Å². The number of piperidine rings is 1. The standard InChI is InChI=1S/C22H33N3O2/c26-19(25-16-6-2-1-3-7-16)10-13-24-20-17-8-4-5-9-18(17)22(21(20)27)11-14-23-15-12-22/h4-5,8-9,16,20-21,23-24,27H,1-3,6-7,10-15H2,(H,25,26)/t20-,21+/m1/s1. The molecular formula is C22H33N3O2. The molecule has 1 spiro atoms. The molecule has 2 aliphatic carbocycles. The fourth-order valence-corrected chi connectivity index (χ4v) is 5.42. The Hall–Kier alpha value is -1.43. The van der Waals surface area contributed by atoms with Gasteiger partial charge in [0.2, 0.25) is 5.91 Å². The Bertz CT molecular complexity index is 651. The van der Waals surface area contributed by atoms with Gasteiger partial charge in [0.05, 0.1) is 12.1 Å². The Labute approximate surface area is 162 Å². The Morgan fingerprint density at radius 1 is 1.15 bits per heavy atom. The van der Waals surface area contributed by atoms with Gasteiger partial charge in [0.25, 0.3) is 0 Å². The third-order valence-corrected chi connectivity index (χ3v) is 6.90. The summed E-state index contributed by atoms with van der Waals surface area (Å²) in [6.45, 7) is 2.49. The zero-order valence-electron chi connectivity index (χ0n) is 16.2. The van der Waals surface area contributed by atoms with Crippen molar-refractivity contribution in [1.82, 2.24) is 16.0 Å². The van der Waals surface area contributed by atoms with Crippen molar-refractivity contribution < 1.29 is 9.90 Å². The van der Waals surface area contributed by atoms with Gasteiger partial charge in [-0.05, 0) is 49.9 Å². The van der Waals surface area contributed by atoms with Crippen LogP contribution in [0.4, 0.5) is 0 Å². The number of nitrogens with one attached hydrogen (secondary N) is 3. The summed E-state index contributed by atoms with van der Waals surface area (Å²) >= 11 is 0. The first kappa shape index (κ1) is 18.9. The summed E-state index contributed by atoms with van der Waals surface area (Å²) < 4.78 is 0. The zero-order chi connectivity index (χ0) is 18.7. The van der Waals surface area contributed by atoms with Gasteiger partial charge < -0.3 is 21.1 Å². The molecule has 4 N–H and O–H groups in total. The number of carbonyl (C=O) groups excluding carboxylic acids is 1. The maximum Gasteiger partial charge on any atom is 0.221 e. The van der Waals surface area contributed by atoms with Gasteiger partial charge in [0.1, 0.15) is 0 Å². The third kappa shape index (κ3) is 3.78. The van der Waals surface area contributed by atoms with E-state index in [1.165, 1.54) is 30.4 Å². The van der Waals surface area contributed by atoms with Crippen molar-refractivity contribution in [3.05, 3.63) is 35.4 Å². The number of amides is 1. The molecule has 1 aromatic rings. The summed E-state index contributed by atoms with van der Waals surface area (Å²) in [5, 5.41) is 21.3. The van der Waals surface area contributed by atoms with E-state index in [0.29, 0.717) is 19.0 Å². The highest BCUT2D eigenvalue weighted by molar-refractivity contribution is 5.76. The first-order chi connectivity index (χ1) is 13.2. The molecule has 1 aromatic carbocycles. The van der Waals surface area contributed by atoms with E-state index in [4.69, 9.17) is 0 Å². The van der Waals surface area contributed by atoms with Crippen molar-refractivity contribution in [2.45, 2.75) is 75.0 Å². The quantitative estimate of drug-likeness (QED) is 0.640. The highest BCUT2D eigenvalue weighted by atomic mass is 16.3. The normalized spacial score (nSPS) is 27.4. The number of benzene rings is 1. The highest BCUT2D eigenvalue weighted by Crippen LogP contribution is 2.49. The number of aliphatic hydroxyl groups excluding tert-OH is 1.